The molecule has 2 aromatic rings. The molecule has 24 heavy (non-hydrogen) atoms. The van der Waals surface area contributed by atoms with Gasteiger partial charge in [-0.15, -0.1) is 0 Å². The Kier molecular flexibility index (Phi) is 4.39. The quantitative estimate of drug-likeness (QED) is 0.816. The van der Waals surface area contributed by atoms with Crippen LogP contribution in [-0.2, 0) is 22.6 Å². The minimum absolute atomic E-state index is 0.115. The molecule has 0 saturated carbocycles. The number of nitrogens with zero attached hydrogens (tertiary/aromatic N) is 2. The summed E-state index contributed by atoms with van der Waals surface area (Å²) in [6.07, 6.45) is 3.65. The SMILES string of the molecule is Cc1ccc(CN2C[C@@H]3COC[C@]3(COCc3cccnc3)C2)o1. The van der Waals surface area contributed by atoms with Gasteiger partial charge >= 0.3 is 0 Å². The number of hydrogen-bond acceptors (Lipinski definition) is 5. The van der Waals surface area contributed by atoms with E-state index in [1.54, 1.807) is 6.20 Å². The van der Waals surface area contributed by atoms with Crippen LogP contribution in [0.15, 0.2) is 41.1 Å². The summed E-state index contributed by atoms with van der Waals surface area (Å²) in [7, 11) is 0. The predicted molar refractivity (Wildman–Crippen MR) is 89.4 cm³/mol. The first kappa shape index (κ1) is 15.8. The topological polar surface area (TPSA) is 47.7 Å². The van der Waals surface area contributed by atoms with Crippen LogP contribution in [0.4, 0.5) is 0 Å². The average Bonchev–Trinajstić information content (AvgIpc) is 3.23. The van der Waals surface area contributed by atoms with Gasteiger partial charge in [0.1, 0.15) is 11.5 Å². The van der Waals surface area contributed by atoms with E-state index in [-0.39, 0.29) is 5.41 Å². The summed E-state index contributed by atoms with van der Waals surface area (Å²) in [5.74, 6) is 2.56. The predicted octanol–water partition coefficient (Wildman–Crippen LogP) is 2.65. The van der Waals surface area contributed by atoms with E-state index in [0.717, 1.165) is 56.5 Å². The smallest absolute Gasteiger partial charge is 0.118 e. The summed E-state index contributed by atoms with van der Waals surface area (Å²) >= 11 is 0. The normalized spacial score (nSPS) is 26.8. The first-order valence-electron chi connectivity index (χ1n) is 8.56. The van der Waals surface area contributed by atoms with Crippen molar-refractivity contribution in [2.45, 2.75) is 20.1 Å². The van der Waals surface area contributed by atoms with Gasteiger partial charge in [-0.3, -0.25) is 9.88 Å². The maximum absolute atomic E-state index is 6.04. The fourth-order valence-electron chi connectivity index (χ4n) is 3.91. The number of pyridine rings is 1. The summed E-state index contributed by atoms with van der Waals surface area (Å²) in [6, 6.07) is 8.10. The van der Waals surface area contributed by atoms with E-state index < -0.39 is 0 Å². The molecule has 0 N–H and O–H groups in total. The molecule has 2 aliphatic rings. The molecule has 128 valence electrons. The minimum atomic E-state index is 0.115. The van der Waals surface area contributed by atoms with E-state index in [0.29, 0.717) is 12.5 Å². The molecular weight excluding hydrogens is 304 g/mol. The molecule has 0 amide bonds. The number of likely N-dealkylation sites (tertiary alicyclic amines) is 1. The molecule has 5 nitrogen and oxygen atoms in total. The Hall–Kier alpha value is -1.69. The fraction of sp³-hybridized carbons (Fsp3) is 0.526. The van der Waals surface area contributed by atoms with Gasteiger partial charge in [0.15, 0.2) is 0 Å². The largest absolute Gasteiger partial charge is 0.465 e. The number of aromatic nitrogens is 1. The summed E-state index contributed by atoms with van der Waals surface area (Å²) in [5.41, 5.74) is 1.23. The second-order valence-electron chi connectivity index (χ2n) is 7.11. The molecule has 0 spiro atoms. The van der Waals surface area contributed by atoms with Crippen LogP contribution >= 0.6 is 0 Å². The lowest BCUT2D eigenvalue weighted by Gasteiger charge is -2.27. The third kappa shape index (κ3) is 3.24. The number of ether oxygens (including phenoxy) is 2. The van der Waals surface area contributed by atoms with Crippen molar-refractivity contribution in [2.24, 2.45) is 11.3 Å². The number of rotatable bonds is 6. The molecule has 0 bridgehead atoms. The molecule has 2 fully saturated rings. The first-order chi connectivity index (χ1) is 11.7. The van der Waals surface area contributed by atoms with Crippen molar-refractivity contribution in [3.8, 4) is 0 Å². The maximum atomic E-state index is 6.04. The minimum Gasteiger partial charge on any atom is -0.465 e. The maximum Gasteiger partial charge on any atom is 0.118 e. The Labute approximate surface area is 142 Å². The van der Waals surface area contributed by atoms with E-state index in [1.165, 1.54) is 0 Å². The van der Waals surface area contributed by atoms with Crippen LogP contribution in [0.25, 0.3) is 0 Å². The average molecular weight is 328 g/mol. The summed E-state index contributed by atoms with van der Waals surface area (Å²) in [6.45, 7) is 7.89. The summed E-state index contributed by atoms with van der Waals surface area (Å²) in [4.78, 5) is 6.61. The Morgan fingerprint density at radius 3 is 3.12 bits per heavy atom. The highest BCUT2D eigenvalue weighted by molar-refractivity contribution is 5.09. The van der Waals surface area contributed by atoms with Crippen molar-refractivity contribution >= 4 is 0 Å². The van der Waals surface area contributed by atoms with Gasteiger partial charge in [-0.25, -0.2) is 0 Å². The Balaban J connectivity index is 1.36. The van der Waals surface area contributed by atoms with E-state index in [9.17, 15) is 0 Å². The van der Waals surface area contributed by atoms with Crippen LogP contribution in [0.5, 0.6) is 0 Å². The number of furan rings is 1. The summed E-state index contributed by atoms with van der Waals surface area (Å²) < 4.78 is 17.5. The highest BCUT2D eigenvalue weighted by Crippen LogP contribution is 2.42. The fourth-order valence-corrected chi connectivity index (χ4v) is 3.91. The van der Waals surface area contributed by atoms with Crippen LogP contribution < -0.4 is 0 Å². The van der Waals surface area contributed by atoms with E-state index in [1.807, 2.05) is 31.3 Å². The molecule has 2 aliphatic heterocycles. The highest BCUT2D eigenvalue weighted by atomic mass is 16.5. The molecule has 4 heterocycles. The van der Waals surface area contributed by atoms with Gasteiger partial charge in [0.2, 0.25) is 0 Å². The van der Waals surface area contributed by atoms with Gasteiger partial charge in [-0.05, 0) is 30.7 Å². The Morgan fingerprint density at radius 1 is 1.38 bits per heavy atom. The standard InChI is InChI=1S/C19H24N2O3/c1-15-4-5-18(24-15)9-21-8-17-11-23-14-19(17,12-21)13-22-10-16-3-2-6-20-7-16/h2-7,17H,8-14H2,1H3/t17-,19-/m1/s1. The monoisotopic (exact) mass is 328 g/mol. The third-order valence-electron chi connectivity index (χ3n) is 5.15. The molecule has 0 unspecified atom stereocenters. The lowest BCUT2D eigenvalue weighted by atomic mass is 9.82. The Morgan fingerprint density at radius 2 is 2.33 bits per heavy atom. The van der Waals surface area contributed by atoms with E-state index >= 15 is 0 Å². The molecule has 2 saturated heterocycles. The van der Waals surface area contributed by atoms with Gasteiger partial charge in [0.25, 0.3) is 0 Å². The highest BCUT2D eigenvalue weighted by Gasteiger charge is 2.50. The van der Waals surface area contributed by atoms with Crippen LogP contribution in [0.1, 0.15) is 17.1 Å². The Bertz CT molecular complexity index is 672. The van der Waals surface area contributed by atoms with Gasteiger partial charge < -0.3 is 13.9 Å². The molecule has 0 aliphatic carbocycles. The lowest BCUT2D eigenvalue weighted by molar-refractivity contribution is 0.0178. The van der Waals surface area contributed by atoms with Gasteiger partial charge in [-0.2, -0.15) is 0 Å². The molecule has 5 heteroatoms. The number of aryl methyl sites for hydroxylation is 1. The zero-order valence-electron chi connectivity index (χ0n) is 14.1. The van der Waals surface area contributed by atoms with Crippen LogP contribution in [0.2, 0.25) is 0 Å². The van der Waals surface area contributed by atoms with Crippen molar-refractivity contribution in [1.82, 2.24) is 9.88 Å². The van der Waals surface area contributed by atoms with Crippen LogP contribution in [0, 0.1) is 18.3 Å². The molecule has 0 radical (unpaired) electrons. The first-order valence-corrected chi connectivity index (χ1v) is 8.56. The van der Waals surface area contributed by atoms with Crippen LogP contribution in [-0.4, -0.2) is 42.8 Å². The third-order valence-corrected chi connectivity index (χ3v) is 5.15. The zero-order valence-corrected chi connectivity index (χ0v) is 14.1. The van der Waals surface area contributed by atoms with E-state index in [4.69, 9.17) is 13.9 Å². The number of hydrogen-bond donors (Lipinski definition) is 0. The van der Waals surface area contributed by atoms with Crippen molar-refractivity contribution < 1.29 is 13.9 Å². The number of fused-ring (bicyclic) bond motifs is 1. The molecule has 2 atom stereocenters. The van der Waals surface area contributed by atoms with Crippen molar-refractivity contribution in [3.05, 3.63) is 53.7 Å². The molecule has 0 aromatic carbocycles. The lowest BCUT2D eigenvalue weighted by Crippen LogP contribution is -2.35. The van der Waals surface area contributed by atoms with Gasteiger partial charge in [-0.1, -0.05) is 6.07 Å². The van der Waals surface area contributed by atoms with Gasteiger partial charge in [0.05, 0.1) is 33.0 Å². The molecule has 4 rings (SSSR count). The van der Waals surface area contributed by atoms with E-state index in [2.05, 4.69) is 16.0 Å². The molecular formula is C19H24N2O3. The van der Waals surface area contributed by atoms with Gasteiger partial charge in [0, 0.05) is 36.8 Å². The van der Waals surface area contributed by atoms with Crippen LogP contribution in [0.3, 0.4) is 0 Å². The second kappa shape index (κ2) is 6.67. The van der Waals surface area contributed by atoms with Crippen molar-refractivity contribution in [3.63, 3.8) is 0 Å². The second-order valence-corrected chi connectivity index (χ2v) is 7.11. The van der Waals surface area contributed by atoms with Crippen molar-refractivity contribution in [2.75, 3.05) is 32.9 Å². The molecule has 2 aromatic heterocycles. The zero-order chi connectivity index (χ0) is 16.4. The summed E-state index contributed by atoms with van der Waals surface area (Å²) in [5, 5.41) is 0. The van der Waals surface area contributed by atoms with Crippen molar-refractivity contribution in [1.29, 1.82) is 0 Å².